The number of aromatic nitrogens is 2. The Hall–Kier alpha value is -1.41. The van der Waals surface area contributed by atoms with Crippen molar-refractivity contribution in [3.8, 4) is 0 Å². The molecule has 20 heavy (non-hydrogen) atoms. The van der Waals surface area contributed by atoms with E-state index in [0.717, 1.165) is 6.42 Å². The number of aryl methyl sites for hydroxylation is 1. The monoisotopic (exact) mass is 301 g/mol. The highest BCUT2D eigenvalue weighted by atomic mass is 32.2. The molecule has 2 heterocycles. The van der Waals surface area contributed by atoms with Gasteiger partial charge >= 0.3 is 5.97 Å². The lowest BCUT2D eigenvalue weighted by atomic mass is 9.96. The molecule has 0 aromatic carbocycles. The van der Waals surface area contributed by atoms with Crippen molar-refractivity contribution < 1.29 is 18.3 Å². The number of carboxylic acid groups (broad SMARTS) is 1. The molecule has 1 unspecified atom stereocenters. The van der Waals surface area contributed by atoms with Crippen LogP contribution in [0.3, 0.4) is 0 Å². The second-order valence-electron chi connectivity index (χ2n) is 5.49. The van der Waals surface area contributed by atoms with E-state index in [1.165, 1.54) is 11.2 Å². The fourth-order valence-electron chi connectivity index (χ4n) is 2.48. The Morgan fingerprint density at radius 2 is 2.15 bits per heavy atom. The maximum Gasteiger partial charge on any atom is 0.340 e. The molecule has 0 amide bonds. The summed E-state index contributed by atoms with van der Waals surface area (Å²) < 4.78 is 26.4. The van der Waals surface area contributed by atoms with Gasteiger partial charge in [0.25, 0.3) is 10.0 Å². The fraction of sp³-hybridized carbons (Fsp3) is 0.667. The van der Waals surface area contributed by atoms with Gasteiger partial charge in [0.1, 0.15) is 5.56 Å². The van der Waals surface area contributed by atoms with Crippen LogP contribution in [0.4, 0.5) is 0 Å². The van der Waals surface area contributed by atoms with E-state index >= 15 is 0 Å². The molecule has 8 heteroatoms. The standard InChI is InChI=1S/C12H19N3O4S/c1-7(2)9-4-5-15(6-9)20(18,19)11-10(12(16)17)8(3)13-14-11/h7,9H,4-6H2,1-3H3,(H,13,14)(H,16,17). The van der Waals surface area contributed by atoms with Crippen molar-refractivity contribution in [2.24, 2.45) is 11.8 Å². The maximum absolute atomic E-state index is 12.5. The topological polar surface area (TPSA) is 103 Å². The average Bonchev–Trinajstić information content (AvgIpc) is 2.94. The van der Waals surface area contributed by atoms with Crippen molar-refractivity contribution >= 4 is 16.0 Å². The minimum atomic E-state index is -3.85. The first-order chi connectivity index (χ1) is 9.25. The van der Waals surface area contributed by atoms with E-state index in [4.69, 9.17) is 5.11 Å². The maximum atomic E-state index is 12.5. The van der Waals surface area contributed by atoms with Crippen LogP contribution in [0.5, 0.6) is 0 Å². The Labute approximate surface area is 118 Å². The van der Waals surface area contributed by atoms with E-state index in [0.29, 0.717) is 24.9 Å². The van der Waals surface area contributed by atoms with Gasteiger partial charge in [0, 0.05) is 18.8 Å². The lowest BCUT2D eigenvalue weighted by molar-refractivity contribution is 0.0691. The largest absolute Gasteiger partial charge is 0.478 e. The summed E-state index contributed by atoms with van der Waals surface area (Å²) in [6.45, 7) is 6.45. The molecule has 2 rings (SSSR count). The summed E-state index contributed by atoms with van der Waals surface area (Å²) in [7, 11) is -3.85. The highest BCUT2D eigenvalue weighted by molar-refractivity contribution is 7.89. The summed E-state index contributed by atoms with van der Waals surface area (Å²) in [5, 5.41) is 14.9. The molecule has 7 nitrogen and oxygen atoms in total. The number of carbonyl (C=O) groups is 1. The van der Waals surface area contributed by atoms with Gasteiger partial charge in [0.15, 0.2) is 0 Å². The van der Waals surface area contributed by atoms with Gasteiger partial charge in [0.2, 0.25) is 5.03 Å². The number of nitrogens with zero attached hydrogens (tertiary/aromatic N) is 2. The van der Waals surface area contributed by atoms with Crippen LogP contribution in [0.25, 0.3) is 0 Å². The van der Waals surface area contributed by atoms with E-state index in [1.54, 1.807) is 0 Å². The summed E-state index contributed by atoms with van der Waals surface area (Å²) in [6, 6.07) is 0. The molecule has 1 aromatic rings. The zero-order valence-electron chi connectivity index (χ0n) is 11.8. The third kappa shape index (κ3) is 2.45. The van der Waals surface area contributed by atoms with Crippen molar-refractivity contribution in [3.05, 3.63) is 11.3 Å². The zero-order valence-corrected chi connectivity index (χ0v) is 12.6. The van der Waals surface area contributed by atoms with Crippen LogP contribution in [0.1, 0.15) is 36.3 Å². The molecular weight excluding hydrogens is 282 g/mol. The van der Waals surface area contributed by atoms with Gasteiger partial charge in [-0.3, -0.25) is 5.10 Å². The minimum absolute atomic E-state index is 0.246. The number of nitrogens with one attached hydrogen (secondary N) is 1. The molecule has 2 N–H and O–H groups in total. The van der Waals surface area contributed by atoms with E-state index in [-0.39, 0.29) is 16.3 Å². The van der Waals surface area contributed by atoms with Gasteiger partial charge in [-0.25, -0.2) is 13.2 Å². The van der Waals surface area contributed by atoms with Crippen LogP contribution in [0.2, 0.25) is 0 Å². The summed E-state index contributed by atoms with van der Waals surface area (Å²) in [6.07, 6.45) is 0.794. The number of hydrogen-bond donors (Lipinski definition) is 2. The van der Waals surface area contributed by atoms with Gasteiger partial charge in [-0.1, -0.05) is 13.8 Å². The quantitative estimate of drug-likeness (QED) is 0.866. The number of hydrogen-bond acceptors (Lipinski definition) is 4. The Morgan fingerprint density at radius 1 is 1.50 bits per heavy atom. The summed E-state index contributed by atoms with van der Waals surface area (Å²) in [4.78, 5) is 11.2. The SMILES string of the molecule is Cc1[nH]nc(S(=O)(=O)N2CCC(C(C)C)C2)c1C(=O)O. The van der Waals surface area contributed by atoms with Gasteiger partial charge in [0.05, 0.1) is 0 Å². The Bertz CT molecular complexity index is 621. The fourth-order valence-corrected chi connectivity index (χ4v) is 4.12. The van der Waals surface area contributed by atoms with Crippen molar-refractivity contribution in [1.29, 1.82) is 0 Å². The Morgan fingerprint density at radius 3 is 2.65 bits per heavy atom. The number of aromatic amines is 1. The second-order valence-corrected chi connectivity index (χ2v) is 7.34. The third-order valence-electron chi connectivity index (χ3n) is 3.84. The van der Waals surface area contributed by atoms with Crippen LogP contribution in [-0.2, 0) is 10.0 Å². The molecule has 0 saturated carbocycles. The molecule has 112 valence electrons. The van der Waals surface area contributed by atoms with Crippen molar-refractivity contribution in [1.82, 2.24) is 14.5 Å². The molecule has 1 saturated heterocycles. The van der Waals surface area contributed by atoms with Crippen LogP contribution in [-0.4, -0.2) is 47.1 Å². The molecular formula is C12H19N3O4S. The van der Waals surface area contributed by atoms with Crippen molar-refractivity contribution in [2.75, 3.05) is 13.1 Å². The molecule has 1 fully saturated rings. The predicted molar refractivity (Wildman–Crippen MR) is 72.0 cm³/mol. The average molecular weight is 301 g/mol. The van der Waals surface area contributed by atoms with Crippen molar-refractivity contribution in [3.63, 3.8) is 0 Å². The molecule has 0 bridgehead atoms. The highest BCUT2D eigenvalue weighted by Crippen LogP contribution is 2.29. The van der Waals surface area contributed by atoms with Crippen LogP contribution in [0.15, 0.2) is 5.03 Å². The highest BCUT2D eigenvalue weighted by Gasteiger charge is 2.38. The molecule has 1 aliphatic rings. The van der Waals surface area contributed by atoms with Crippen LogP contribution < -0.4 is 0 Å². The van der Waals surface area contributed by atoms with Gasteiger partial charge < -0.3 is 5.11 Å². The van der Waals surface area contributed by atoms with Gasteiger partial charge in [-0.05, 0) is 25.2 Å². The number of aromatic carboxylic acids is 1. The van der Waals surface area contributed by atoms with Crippen molar-refractivity contribution in [2.45, 2.75) is 32.2 Å². The molecule has 0 radical (unpaired) electrons. The van der Waals surface area contributed by atoms with E-state index in [2.05, 4.69) is 24.0 Å². The van der Waals surface area contributed by atoms with E-state index in [9.17, 15) is 13.2 Å². The van der Waals surface area contributed by atoms with Gasteiger partial charge in [-0.15, -0.1) is 0 Å². The first-order valence-electron chi connectivity index (χ1n) is 6.53. The molecule has 1 atom stereocenters. The van der Waals surface area contributed by atoms with Crippen LogP contribution in [0, 0.1) is 18.8 Å². The number of H-pyrrole nitrogens is 1. The number of sulfonamides is 1. The molecule has 1 aromatic heterocycles. The first kappa shape index (κ1) is 15.0. The normalized spacial score (nSPS) is 20.7. The summed E-state index contributed by atoms with van der Waals surface area (Å²) in [5.74, 6) is -0.581. The Balaban J connectivity index is 2.35. The minimum Gasteiger partial charge on any atom is -0.478 e. The lowest BCUT2D eigenvalue weighted by Gasteiger charge is -2.17. The van der Waals surface area contributed by atoms with E-state index in [1.807, 2.05) is 0 Å². The first-order valence-corrected chi connectivity index (χ1v) is 7.97. The molecule has 0 aliphatic carbocycles. The van der Waals surface area contributed by atoms with Crippen LogP contribution >= 0.6 is 0 Å². The molecule has 1 aliphatic heterocycles. The number of rotatable bonds is 4. The lowest BCUT2D eigenvalue weighted by Crippen LogP contribution is -2.31. The second kappa shape index (κ2) is 5.17. The van der Waals surface area contributed by atoms with E-state index < -0.39 is 16.0 Å². The Kier molecular flexibility index (Phi) is 3.88. The zero-order chi connectivity index (χ0) is 15.1. The summed E-state index contributed by atoms with van der Waals surface area (Å²) in [5.41, 5.74) is -0.0197. The molecule has 0 spiro atoms. The van der Waals surface area contributed by atoms with Gasteiger partial charge in [-0.2, -0.15) is 9.40 Å². The number of carboxylic acids is 1. The smallest absolute Gasteiger partial charge is 0.340 e. The predicted octanol–water partition coefficient (Wildman–Crippen LogP) is 1.08. The summed E-state index contributed by atoms with van der Waals surface area (Å²) >= 11 is 0. The third-order valence-corrected chi connectivity index (χ3v) is 5.64.